The zero-order chi connectivity index (χ0) is 0. The van der Waals surface area contributed by atoms with Crippen LogP contribution in [0.4, 0.5) is 0 Å². The van der Waals surface area contributed by atoms with Crippen LogP contribution in [-0.4, -0.2) is 21.9 Å². The largest absolute Gasteiger partial charge is 1.00 e. The van der Waals surface area contributed by atoms with Gasteiger partial charge in [0.15, 0.2) is 0 Å². The molecule has 0 saturated carbocycles. The molecule has 0 spiro atoms. The Bertz CT molecular complexity index is 11.2. The number of rotatable bonds is 0. The van der Waals surface area contributed by atoms with Gasteiger partial charge in [-0.1, -0.05) is 0 Å². The van der Waals surface area contributed by atoms with E-state index in [9.17, 15) is 0 Å². The maximum atomic E-state index is 0. The van der Waals surface area contributed by atoms with Gasteiger partial charge in [0, 0.05) is 0 Å². The third-order valence-corrected chi connectivity index (χ3v) is 0. The molecule has 0 fully saturated rings. The van der Waals surface area contributed by atoms with E-state index >= 15 is 0 Å². The van der Waals surface area contributed by atoms with Crippen molar-refractivity contribution in [3.8, 4) is 0 Å². The molecule has 32 valence electrons. The van der Waals surface area contributed by atoms with Gasteiger partial charge in [0.05, 0.1) is 0 Å². The SMILES string of the molecule is [K+].[Na+].[Na+].[Na+].[OH-].[OH-].[OH-].[OH-]. The Morgan fingerprint density at radius 1 is 0.375 bits per heavy atom. The minimum atomic E-state index is 0. The molecule has 0 bridgehead atoms. The van der Waals surface area contributed by atoms with Gasteiger partial charge in [0.2, 0.25) is 0 Å². The Kier molecular flexibility index (Phi) is 644. The van der Waals surface area contributed by atoms with Crippen LogP contribution in [0.25, 0.3) is 0 Å². The second-order valence-electron chi connectivity index (χ2n) is 0. The van der Waals surface area contributed by atoms with Crippen molar-refractivity contribution in [2.45, 2.75) is 0 Å². The summed E-state index contributed by atoms with van der Waals surface area (Å²) in [5, 5.41) is 0. The molecule has 0 amide bonds. The third-order valence-electron chi connectivity index (χ3n) is 0. The second kappa shape index (κ2) is 62.9. The summed E-state index contributed by atoms with van der Waals surface area (Å²) in [6.45, 7) is 0. The molecule has 4 nitrogen and oxygen atoms in total. The van der Waals surface area contributed by atoms with Crippen molar-refractivity contribution in [2.75, 3.05) is 0 Å². The summed E-state index contributed by atoms with van der Waals surface area (Å²) in [6.07, 6.45) is 0. The van der Waals surface area contributed by atoms with Crippen molar-refractivity contribution in [1.29, 1.82) is 0 Å². The van der Waals surface area contributed by atoms with Crippen LogP contribution in [0.3, 0.4) is 0 Å². The molecule has 0 aromatic heterocycles. The van der Waals surface area contributed by atoms with Gasteiger partial charge in [-0.15, -0.1) is 0 Å². The summed E-state index contributed by atoms with van der Waals surface area (Å²) in [7, 11) is 0. The van der Waals surface area contributed by atoms with E-state index in [0.717, 1.165) is 0 Å². The zero-order valence-corrected chi connectivity index (χ0v) is 14.9. The van der Waals surface area contributed by atoms with Gasteiger partial charge in [-0.3, -0.25) is 0 Å². The second-order valence-corrected chi connectivity index (χ2v) is 0. The standard InChI is InChI=1S/K.3Na.4H2O/h;;;;4*1H2/q4*+1;;;;/p-4. The predicted octanol–water partition coefficient (Wildman–Crippen LogP) is -12.7. The summed E-state index contributed by atoms with van der Waals surface area (Å²) in [5.41, 5.74) is 0. The predicted molar refractivity (Wildman–Crippen MR) is 7.74 cm³/mol. The molecule has 0 unspecified atom stereocenters. The van der Waals surface area contributed by atoms with E-state index in [0.29, 0.717) is 0 Å². The van der Waals surface area contributed by atoms with E-state index in [1.807, 2.05) is 0 Å². The van der Waals surface area contributed by atoms with Crippen molar-refractivity contribution in [3.63, 3.8) is 0 Å². The quantitative estimate of drug-likeness (QED) is 0.340. The van der Waals surface area contributed by atoms with E-state index in [1.54, 1.807) is 0 Å². The molecule has 0 aliphatic rings. The van der Waals surface area contributed by atoms with Crippen LogP contribution in [-0.2, 0) is 0 Å². The maximum Gasteiger partial charge on any atom is 1.00 e. The van der Waals surface area contributed by atoms with Crippen LogP contribution in [0, 0.1) is 0 Å². The monoisotopic (exact) mass is 176 g/mol. The third kappa shape index (κ3) is 47.0. The Hall–Kier alpha value is 4.48. The maximum absolute atomic E-state index is 0. The van der Waals surface area contributed by atoms with Crippen LogP contribution in [0.15, 0.2) is 0 Å². The molecular formula is H4KNa3O4. The van der Waals surface area contributed by atoms with E-state index < -0.39 is 0 Å². The fourth-order valence-corrected chi connectivity index (χ4v) is 0. The minimum absolute atomic E-state index is 0. The smallest absolute Gasteiger partial charge is 0.870 e. The van der Waals surface area contributed by atoms with E-state index in [4.69, 9.17) is 0 Å². The van der Waals surface area contributed by atoms with Crippen LogP contribution in [0.1, 0.15) is 0 Å². The van der Waals surface area contributed by atoms with Gasteiger partial charge in [0.1, 0.15) is 0 Å². The molecule has 4 N–H and O–H groups in total. The Labute approximate surface area is 157 Å². The van der Waals surface area contributed by atoms with Crippen molar-refractivity contribution in [2.24, 2.45) is 0 Å². The molecule has 0 atom stereocenters. The van der Waals surface area contributed by atoms with Gasteiger partial charge in [-0.05, 0) is 0 Å². The van der Waals surface area contributed by atoms with Gasteiger partial charge in [-0.25, -0.2) is 0 Å². The minimum Gasteiger partial charge on any atom is -0.870 e. The Morgan fingerprint density at radius 3 is 0.375 bits per heavy atom. The molecule has 8 heavy (non-hydrogen) atoms. The first-order chi connectivity index (χ1) is 0. The van der Waals surface area contributed by atoms with Gasteiger partial charge in [-0.2, -0.15) is 0 Å². The van der Waals surface area contributed by atoms with Crippen molar-refractivity contribution >= 4 is 0 Å². The van der Waals surface area contributed by atoms with E-state index in [1.165, 1.54) is 0 Å². The summed E-state index contributed by atoms with van der Waals surface area (Å²) in [4.78, 5) is 0. The molecule has 0 heterocycles. The van der Waals surface area contributed by atoms with Crippen LogP contribution < -0.4 is 140 Å². The Balaban J connectivity index is 0. The molecule has 8 heteroatoms. The number of hydrogen-bond acceptors (Lipinski definition) is 4. The Morgan fingerprint density at radius 2 is 0.375 bits per heavy atom. The molecule has 0 aromatic carbocycles. The fourth-order valence-electron chi connectivity index (χ4n) is 0. The van der Waals surface area contributed by atoms with Crippen LogP contribution >= 0.6 is 0 Å². The first kappa shape index (κ1) is 82.0. The average Bonchev–Trinajstić information content (AvgIpc) is 0. The topological polar surface area (TPSA) is 120 Å². The molecule has 0 saturated heterocycles. The van der Waals surface area contributed by atoms with Gasteiger partial charge < -0.3 is 21.9 Å². The van der Waals surface area contributed by atoms with Crippen molar-refractivity contribution in [3.05, 3.63) is 0 Å². The van der Waals surface area contributed by atoms with Crippen molar-refractivity contribution < 1.29 is 162 Å². The normalized spacial score (nSPS) is 0. The molecule has 0 aromatic rings. The summed E-state index contributed by atoms with van der Waals surface area (Å²) < 4.78 is 0. The molecule has 0 radical (unpaired) electrons. The number of hydrogen-bond donors (Lipinski definition) is 0. The first-order valence-electron chi connectivity index (χ1n) is 0. The molecular weight excluding hydrogens is 172 g/mol. The fraction of sp³-hybridized carbons (Fsp3) is 0. The zero-order valence-electron chi connectivity index (χ0n) is 5.79. The molecule has 0 aliphatic heterocycles. The molecule has 0 aliphatic carbocycles. The first-order valence-corrected chi connectivity index (χ1v) is 0. The van der Waals surface area contributed by atoms with E-state index in [2.05, 4.69) is 0 Å². The molecule has 0 rings (SSSR count). The van der Waals surface area contributed by atoms with Gasteiger partial charge in [0.25, 0.3) is 0 Å². The van der Waals surface area contributed by atoms with E-state index in [-0.39, 0.29) is 162 Å². The van der Waals surface area contributed by atoms with Crippen LogP contribution in [0.5, 0.6) is 0 Å². The summed E-state index contributed by atoms with van der Waals surface area (Å²) in [5.74, 6) is 0. The summed E-state index contributed by atoms with van der Waals surface area (Å²) >= 11 is 0. The average molecular weight is 176 g/mol. The van der Waals surface area contributed by atoms with Gasteiger partial charge >= 0.3 is 140 Å². The van der Waals surface area contributed by atoms with Crippen molar-refractivity contribution in [1.82, 2.24) is 0 Å². The van der Waals surface area contributed by atoms with Crippen LogP contribution in [0.2, 0.25) is 0 Å². The summed E-state index contributed by atoms with van der Waals surface area (Å²) in [6, 6.07) is 0.